The Balaban J connectivity index is 1.37. The molecular formula is C18H28N4O5S. The zero-order valence-corrected chi connectivity index (χ0v) is 16.9. The maximum Gasteiger partial charge on any atom is 0.231 e. The van der Waals surface area contributed by atoms with Crippen LogP contribution in [0, 0.1) is 0 Å². The number of aliphatic imine (C=N–C) groups is 1. The van der Waals surface area contributed by atoms with Crippen molar-refractivity contribution in [3.05, 3.63) is 23.8 Å². The van der Waals surface area contributed by atoms with Gasteiger partial charge in [0.25, 0.3) is 0 Å². The van der Waals surface area contributed by atoms with Crippen LogP contribution in [-0.4, -0.2) is 59.8 Å². The van der Waals surface area contributed by atoms with E-state index in [1.54, 1.807) is 7.05 Å². The van der Waals surface area contributed by atoms with Gasteiger partial charge in [0.2, 0.25) is 16.8 Å². The predicted octanol–water partition coefficient (Wildman–Crippen LogP) is 0.569. The summed E-state index contributed by atoms with van der Waals surface area (Å²) in [7, 11) is -1.72. The second-order valence-corrected chi connectivity index (χ2v) is 8.62. The molecule has 1 saturated heterocycles. The van der Waals surface area contributed by atoms with Gasteiger partial charge in [0.15, 0.2) is 17.5 Å². The van der Waals surface area contributed by atoms with Crippen molar-refractivity contribution in [2.24, 2.45) is 4.99 Å². The summed E-state index contributed by atoms with van der Waals surface area (Å²) in [4.78, 5) is 4.12. The molecule has 1 unspecified atom stereocenters. The third-order valence-electron chi connectivity index (χ3n) is 4.59. The predicted molar refractivity (Wildman–Crippen MR) is 106 cm³/mol. The minimum Gasteiger partial charge on any atom is -0.454 e. The number of rotatable bonds is 8. The van der Waals surface area contributed by atoms with Crippen molar-refractivity contribution in [3.8, 4) is 11.5 Å². The first-order chi connectivity index (χ1) is 13.6. The molecular weight excluding hydrogens is 384 g/mol. The Morgan fingerprint density at radius 2 is 2.07 bits per heavy atom. The van der Waals surface area contributed by atoms with Crippen LogP contribution in [-0.2, 0) is 21.3 Å². The summed E-state index contributed by atoms with van der Waals surface area (Å²) in [5.41, 5.74) is 1.01. The summed E-state index contributed by atoms with van der Waals surface area (Å²) in [6, 6.07) is 5.71. The van der Waals surface area contributed by atoms with Crippen molar-refractivity contribution >= 4 is 16.0 Å². The molecule has 9 nitrogen and oxygen atoms in total. The van der Waals surface area contributed by atoms with E-state index in [1.165, 1.54) is 0 Å². The largest absolute Gasteiger partial charge is 0.454 e. The first kappa shape index (κ1) is 20.7. The molecule has 1 aromatic carbocycles. The minimum atomic E-state index is -3.36. The van der Waals surface area contributed by atoms with Gasteiger partial charge < -0.3 is 24.8 Å². The lowest BCUT2D eigenvalue weighted by molar-refractivity contribution is 0.0200. The van der Waals surface area contributed by atoms with Crippen LogP contribution in [0.15, 0.2) is 23.2 Å². The average Bonchev–Trinajstić information content (AvgIpc) is 3.18. The molecule has 3 rings (SSSR count). The maximum atomic E-state index is 12.1. The highest BCUT2D eigenvalue weighted by Gasteiger charge is 2.18. The van der Waals surface area contributed by atoms with Crippen molar-refractivity contribution in [3.63, 3.8) is 0 Å². The Kier molecular flexibility index (Phi) is 7.35. The van der Waals surface area contributed by atoms with Gasteiger partial charge in [0, 0.05) is 33.3 Å². The lowest BCUT2D eigenvalue weighted by Crippen LogP contribution is -2.42. The number of nitrogens with one attached hydrogen (secondary N) is 3. The Bertz CT molecular complexity index is 778. The lowest BCUT2D eigenvalue weighted by Gasteiger charge is -2.22. The van der Waals surface area contributed by atoms with Crippen LogP contribution in [0.2, 0.25) is 0 Å². The average molecular weight is 413 g/mol. The van der Waals surface area contributed by atoms with E-state index >= 15 is 0 Å². The molecule has 0 spiro atoms. The maximum absolute atomic E-state index is 12.1. The van der Waals surface area contributed by atoms with Crippen LogP contribution in [0.3, 0.4) is 0 Å². The summed E-state index contributed by atoms with van der Waals surface area (Å²) in [5, 5.41) is 6.17. The van der Waals surface area contributed by atoms with E-state index in [1.807, 2.05) is 18.2 Å². The molecule has 2 heterocycles. The van der Waals surface area contributed by atoms with Crippen LogP contribution >= 0.6 is 0 Å². The molecule has 3 N–H and O–H groups in total. The van der Waals surface area contributed by atoms with E-state index in [9.17, 15) is 8.42 Å². The summed E-state index contributed by atoms with van der Waals surface area (Å²) in [5.74, 6) is 1.96. The molecule has 1 aromatic rings. The van der Waals surface area contributed by atoms with Gasteiger partial charge in [-0.3, -0.25) is 4.99 Å². The van der Waals surface area contributed by atoms with Gasteiger partial charge in [-0.05, 0) is 37.0 Å². The highest BCUT2D eigenvalue weighted by Crippen LogP contribution is 2.32. The Labute approximate surface area is 165 Å². The molecule has 156 valence electrons. The highest BCUT2D eigenvalue weighted by molar-refractivity contribution is 7.89. The fourth-order valence-corrected chi connectivity index (χ4v) is 3.98. The molecule has 10 heteroatoms. The van der Waals surface area contributed by atoms with Crippen LogP contribution < -0.4 is 24.8 Å². The summed E-state index contributed by atoms with van der Waals surface area (Å²) < 4.78 is 43.1. The van der Waals surface area contributed by atoms with E-state index in [0.717, 1.165) is 36.3 Å². The van der Waals surface area contributed by atoms with Crippen molar-refractivity contribution in [2.75, 3.05) is 39.3 Å². The van der Waals surface area contributed by atoms with Crippen molar-refractivity contribution in [1.82, 2.24) is 15.4 Å². The first-order valence-electron chi connectivity index (χ1n) is 9.48. The second kappa shape index (κ2) is 9.94. The number of nitrogens with zero attached hydrogens (tertiary/aromatic N) is 1. The summed E-state index contributed by atoms with van der Waals surface area (Å²) >= 11 is 0. The van der Waals surface area contributed by atoms with Gasteiger partial charge in [-0.25, -0.2) is 13.1 Å². The SMILES string of the molecule is CN=C(NCCS(=O)(=O)NCC1CCCCO1)NCc1ccc2c(c1)OCO2. The summed E-state index contributed by atoms with van der Waals surface area (Å²) in [6.45, 7) is 2.06. The minimum absolute atomic E-state index is 0.0207. The fraction of sp³-hybridized carbons (Fsp3) is 0.611. The van der Waals surface area contributed by atoms with Crippen LogP contribution in [0.1, 0.15) is 24.8 Å². The van der Waals surface area contributed by atoms with Crippen LogP contribution in [0.4, 0.5) is 0 Å². The molecule has 2 aliphatic heterocycles. The van der Waals surface area contributed by atoms with Crippen molar-refractivity contribution in [1.29, 1.82) is 0 Å². The summed E-state index contributed by atoms with van der Waals surface area (Å²) in [6.07, 6.45) is 3.01. The van der Waals surface area contributed by atoms with Gasteiger partial charge in [0.1, 0.15) is 0 Å². The van der Waals surface area contributed by atoms with Gasteiger partial charge >= 0.3 is 0 Å². The molecule has 1 fully saturated rings. The monoisotopic (exact) mass is 412 g/mol. The Morgan fingerprint density at radius 1 is 1.21 bits per heavy atom. The smallest absolute Gasteiger partial charge is 0.231 e. The zero-order chi connectivity index (χ0) is 19.8. The quantitative estimate of drug-likeness (QED) is 0.423. The van der Waals surface area contributed by atoms with E-state index in [2.05, 4.69) is 20.3 Å². The molecule has 0 aliphatic carbocycles. The lowest BCUT2D eigenvalue weighted by atomic mass is 10.1. The Morgan fingerprint density at radius 3 is 2.86 bits per heavy atom. The Hall–Kier alpha value is -2.04. The molecule has 0 bridgehead atoms. The molecule has 2 aliphatic rings. The normalized spacial score (nSPS) is 19.5. The van der Waals surface area contributed by atoms with Gasteiger partial charge in [0.05, 0.1) is 11.9 Å². The third kappa shape index (κ3) is 6.25. The van der Waals surface area contributed by atoms with Crippen molar-refractivity contribution < 1.29 is 22.6 Å². The van der Waals surface area contributed by atoms with Gasteiger partial charge in [-0.15, -0.1) is 0 Å². The van der Waals surface area contributed by atoms with E-state index in [4.69, 9.17) is 14.2 Å². The van der Waals surface area contributed by atoms with Crippen molar-refractivity contribution in [2.45, 2.75) is 31.9 Å². The van der Waals surface area contributed by atoms with E-state index in [-0.39, 0.29) is 25.2 Å². The van der Waals surface area contributed by atoms with Gasteiger partial charge in [-0.1, -0.05) is 6.07 Å². The van der Waals surface area contributed by atoms with Crippen LogP contribution in [0.5, 0.6) is 11.5 Å². The van der Waals surface area contributed by atoms with Crippen LogP contribution in [0.25, 0.3) is 0 Å². The number of sulfonamides is 1. The fourth-order valence-electron chi connectivity index (χ4n) is 3.02. The topological polar surface area (TPSA) is 110 Å². The highest BCUT2D eigenvalue weighted by atomic mass is 32.2. The molecule has 0 amide bonds. The zero-order valence-electron chi connectivity index (χ0n) is 16.1. The van der Waals surface area contributed by atoms with E-state index in [0.29, 0.717) is 25.7 Å². The number of fused-ring (bicyclic) bond motifs is 1. The number of guanidine groups is 1. The number of ether oxygens (including phenoxy) is 3. The first-order valence-corrected chi connectivity index (χ1v) is 11.1. The third-order valence-corrected chi connectivity index (χ3v) is 5.94. The molecule has 1 atom stereocenters. The van der Waals surface area contributed by atoms with Gasteiger partial charge in [-0.2, -0.15) is 0 Å². The number of hydrogen-bond donors (Lipinski definition) is 3. The molecule has 0 aromatic heterocycles. The number of hydrogen-bond acceptors (Lipinski definition) is 6. The molecule has 28 heavy (non-hydrogen) atoms. The van der Waals surface area contributed by atoms with E-state index < -0.39 is 10.0 Å². The molecule has 0 radical (unpaired) electrons. The molecule has 0 saturated carbocycles. The number of benzene rings is 1. The standard InChI is InChI=1S/C18H28N4O5S/c1-19-18(21-11-14-5-6-16-17(10-14)27-13-26-16)20-7-9-28(23,24)22-12-15-4-2-3-8-25-15/h5-6,10,15,22H,2-4,7-9,11-13H2,1H3,(H2,19,20,21). The second-order valence-electron chi connectivity index (χ2n) is 6.70.